The lowest BCUT2D eigenvalue weighted by molar-refractivity contribution is 0.416. The first kappa shape index (κ1) is 12.3. The number of rotatable bonds is 2. The zero-order valence-electron chi connectivity index (χ0n) is 9.00. The van der Waals surface area contributed by atoms with E-state index < -0.39 is 0 Å². The summed E-state index contributed by atoms with van der Waals surface area (Å²) in [6.45, 7) is 0. The summed E-state index contributed by atoms with van der Waals surface area (Å²) in [5, 5.41) is 9.70. The highest BCUT2D eigenvalue weighted by Crippen LogP contribution is 2.35. The molecule has 1 heterocycles. The highest BCUT2D eigenvalue weighted by Gasteiger charge is 2.12. The molecule has 0 unspecified atom stereocenters. The van der Waals surface area contributed by atoms with Crippen molar-refractivity contribution in [1.82, 2.24) is 4.98 Å². The maximum absolute atomic E-state index is 8.81. The van der Waals surface area contributed by atoms with Crippen LogP contribution in [0.3, 0.4) is 0 Å². The monoisotopic (exact) mass is 354 g/mol. The summed E-state index contributed by atoms with van der Waals surface area (Å²) in [4.78, 5) is 4.33. The number of hydrogen-bond donors (Lipinski definition) is 0. The molecular formula is C12H8Br2N2O. The van der Waals surface area contributed by atoms with Crippen LogP contribution in [0.25, 0.3) is 10.9 Å². The van der Waals surface area contributed by atoms with Gasteiger partial charge in [0.15, 0.2) is 0 Å². The largest absolute Gasteiger partial charge is 0.496 e. The minimum atomic E-state index is 0.310. The summed E-state index contributed by atoms with van der Waals surface area (Å²) in [5.74, 6) is 0.707. The highest BCUT2D eigenvalue weighted by atomic mass is 79.9. The summed E-state index contributed by atoms with van der Waals surface area (Å²) < 4.78 is 7.13. The van der Waals surface area contributed by atoms with Gasteiger partial charge in [-0.25, -0.2) is 0 Å². The number of ether oxygens (including phenoxy) is 1. The third-order valence-corrected chi connectivity index (χ3v) is 3.43. The Labute approximate surface area is 116 Å². The van der Waals surface area contributed by atoms with Crippen molar-refractivity contribution in [1.29, 1.82) is 5.26 Å². The smallest absolute Gasteiger partial charge is 0.132 e. The number of nitriles is 1. The molecule has 0 N–H and O–H groups in total. The van der Waals surface area contributed by atoms with Gasteiger partial charge in [-0.15, -0.1) is 0 Å². The summed E-state index contributed by atoms with van der Waals surface area (Å²) in [5.41, 5.74) is 1.68. The molecule has 0 aliphatic rings. The van der Waals surface area contributed by atoms with Crippen LogP contribution in [-0.4, -0.2) is 12.1 Å². The second-order valence-corrected chi connectivity index (χ2v) is 5.21. The standard InChI is InChI=1S/C12H8Br2N2O/c1-17-12-7(2-3-15)4-10(14)11-9(12)5-8(13)6-16-11/h4-6H,2H2,1H3. The predicted octanol–water partition coefficient (Wildman–Crippen LogP) is 3.83. The number of aromatic nitrogens is 1. The topological polar surface area (TPSA) is 45.9 Å². The molecule has 1 aromatic carbocycles. The number of fused-ring (bicyclic) bond motifs is 1. The number of nitrogens with zero attached hydrogens (tertiary/aromatic N) is 2. The molecule has 0 saturated carbocycles. The fourth-order valence-corrected chi connectivity index (χ4v) is 2.64. The molecular weight excluding hydrogens is 348 g/mol. The molecule has 2 rings (SSSR count). The van der Waals surface area contributed by atoms with E-state index in [1.54, 1.807) is 13.3 Å². The molecule has 0 amide bonds. The van der Waals surface area contributed by atoms with E-state index in [-0.39, 0.29) is 0 Å². The quantitative estimate of drug-likeness (QED) is 0.822. The van der Waals surface area contributed by atoms with E-state index in [2.05, 4.69) is 42.9 Å². The van der Waals surface area contributed by atoms with Crippen molar-refractivity contribution in [2.75, 3.05) is 7.11 Å². The Hall–Kier alpha value is -1.12. The molecule has 0 spiro atoms. The molecule has 17 heavy (non-hydrogen) atoms. The van der Waals surface area contributed by atoms with Crippen LogP contribution < -0.4 is 4.74 Å². The van der Waals surface area contributed by atoms with Gasteiger partial charge in [0.05, 0.1) is 25.1 Å². The van der Waals surface area contributed by atoms with Crippen LogP contribution in [-0.2, 0) is 6.42 Å². The lowest BCUT2D eigenvalue weighted by Crippen LogP contribution is -1.94. The van der Waals surface area contributed by atoms with Crippen LogP contribution in [0.2, 0.25) is 0 Å². The van der Waals surface area contributed by atoms with Crippen molar-refractivity contribution in [2.45, 2.75) is 6.42 Å². The first-order valence-corrected chi connectivity index (χ1v) is 6.43. The molecule has 0 atom stereocenters. The van der Waals surface area contributed by atoms with E-state index in [1.165, 1.54) is 0 Å². The van der Waals surface area contributed by atoms with Gasteiger partial charge < -0.3 is 4.74 Å². The average molecular weight is 356 g/mol. The van der Waals surface area contributed by atoms with Crippen LogP contribution in [0.5, 0.6) is 5.75 Å². The van der Waals surface area contributed by atoms with Crippen LogP contribution in [0, 0.1) is 11.3 Å². The number of pyridine rings is 1. The van der Waals surface area contributed by atoms with Gasteiger partial charge in [-0.3, -0.25) is 4.98 Å². The molecule has 5 heteroatoms. The summed E-state index contributed by atoms with van der Waals surface area (Å²) in [7, 11) is 1.60. The Morgan fingerprint density at radius 1 is 1.41 bits per heavy atom. The number of methoxy groups -OCH3 is 1. The van der Waals surface area contributed by atoms with Crippen LogP contribution in [0.4, 0.5) is 0 Å². The van der Waals surface area contributed by atoms with E-state index >= 15 is 0 Å². The summed E-state index contributed by atoms with van der Waals surface area (Å²) >= 11 is 6.85. The molecule has 86 valence electrons. The molecule has 0 bridgehead atoms. The van der Waals surface area contributed by atoms with Gasteiger partial charge in [0.2, 0.25) is 0 Å². The van der Waals surface area contributed by atoms with Gasteiger partial charge in [-0.2, -0.15) is 5.26 Å². The van der Waals surface area contributed by atoms with Crippen LogP contribution >= 0.6 is 31.9 Å². The van der Waals surface area contributed by atoms with Crippen molar-refractivity contribution < 1.29 is 4.74 Å². The lowest BCUT2D eigenvalue weighted by Gasteiger charge is -2.11. The molecule has 0 radical (unpaired) electrons. The van der Waals surface area contributed by atoms with E-state index in [4.69, 9.17) is 10.00 Å². The minimum Gasteiger partial charge on any atom is -0.496 e. The fourth-order valence-electron chi connectivity index (χ4n) is 1.72. The Bertz CT molecular complexity index is 620. The van der Waals surface area contributed by atoms with Gasteiger partial charge in [0, 0.05) is 26.1 Å². The summed E-state index contributed by atoms with van der Waals surface area (Å²) in [6, 6.07) is 5.95. The van der Waals surface area contributed by atoms with Crippen molar-refractivity contribution in [3.8, 4) is 11.8 Å². The van der Waals surface area contributed by atoms with Crippen LogP contribution in [0.15, 0.2) is 27.3 Å². The van der Waals surface area contributed by atoms with Gasteiger partial charge in [-0.05, 0) is 44.0 Å². The highest BCUT2D eigenvalue weighted by molar-refractivity contribution is 9.11. The second-order valence-electron chi connectivity index (χ2n) is 3.44. The normalized spacial score (nSPS) is 10.2. The maximum Gasteiger partial charge on any atom is 0.132 e. The van der Waals surface area contributed by atoms with Crippen molar-refractivity contribution in [3.05, 3.63) is 32.8 Å². The summed E-state index contributed by atoms with van der Waals surface area (Å²) in [6.07, 6.45) is 2.04. The first-order chi connectivity index (χ1) is 8.17. The lowest BCUT2D eigenvalue weighted by atomic mass is 10.1. The minimum absolute atomic E-state index is 0.310. The van der Waals surface area contributed by atoms with E-state index in [9.17, 15) is 0 Å². The molecule has 2 aromatic rings. The van der Waals surface area contributed by atoms with E-state index in [1.807, 2.05) is 12.1 Å². The van der Waals surface area contributed by atoms with Crippen molar-refractivity contribution >= 4 is 42.8 Å². The van der Waals surface area contributed by atoms with Gasteiger partial charge >= 0.3 is 0 Å². The molecule has 0 aliphatic carbocycles. The molecule has 3 nitrogen and oxygen atoms in total. The molecule has 0 aliphatic heterocycles. The Morgan fingerprint density at radius 2 is 2.18 bits per heavy atom. The molecule has 0 fully saturated rings. The third-order valence-electron chi connectivity index (χ3n) is 2.39. The molecule has 1 aromatic heterocycles. The van der Waals surface area contributed by atoms with E-state index in [0.717, 1.165) is 25.4 Å². The Morgan fingerprint density at radius 3 is 2.82 bits per heavy atom. The van der Waals surface area contributed by atoms with Gasteiger partial charge in [0.1, 0.15) is 5.75 Å². The zero-order valence-corrected chi connectivity index (χ0v) is 12.2. The SMILES string of the molecule is COc1c(CC#N)cc(Br)c2ncc(Br)cc12. The van der Waals surface area contributed by atoms with Crippen molar-refractivity contribution in [2.24, 2.45) is 0 Å². The van der Waals surface area contributed by atoms with E-state index in [0.29, 0.717) is 12.2 Å². The van der Waals surface area contributed by atoms with Gasteiger partial charge in [-0.1, -0.05) is 0 Å². The van der Waals surface area contributed by atoms with Gasteiger partial charge in [0.25, 0.3) is 0 Å². The number of hydrogen-bond acceptors (Lipinski definition) is 3. The average Bonchev–Trinajstić information content (AvgIpc) is 2.29. The number of halogens is 2. The third kappa shape index (κ3) is 2.28. The van der Waals surface area contributed by atoms with Crippen molar-refractivity contribution in [3.63, 3.8) is 0 Å². The zero-order chi connectivity index (χ0) is 12.4. The predicted molar refractivity (Wildman–Crippen MR) is 73.0 cm³/mol. The first-order valence-electron chi connectivity index (χ1n) is 4.85. The Balaban J connectivity index is 2.83. The Kier molecular flexibility index (Phi) is 3.65. The van der Waals surface area contributed by atoms with Crippen LogP contribution in [0.1, 0.15) is 5.56 Å². The second kappa shape index (κ2) is 5.03. The molecule has 0 saturated heterocycles. The maximum atomic E-state index is 8.81. The fraction of sp³-hybridized carbons (Fsp3) is 0.167. The number of benzene rings is 1.